The Hall–Kier alpha value is -1.56. The zero-order valence-electron chi connectivity index (χ0n) is 15.5. The number of benzene rings is 2. The first-order valence-electron chi connectivity index (χ1n) is 8.65. The van der Waals surface area contributed by atoms with Crippen molar-refractivity contribution in [3.8, 4) is 5.75 Å². The van der Waals surface area contributed by atoms with Crippen molar-refractivity contribution in [3.63, 3.8) is 0 Å². The normalized spacial score (nSPS) is 14.3. The van der Waals surface area contributed by atoms with Crippen LogP contribution in [0.5, 0.6) is 5.75 Å². The van der Waals surface area contributed by atoms with Crippen LogP contribution in [0.25, 0.3) is 0 Å². The second-order valence-electron chi connectivity index (χ2n) is 6.44. The topological polar surface area (TPSA) is 73.9 Å². The Labute approximate surface area is 174 Å². The van der Waals surface area contributed by atoms with Crippen LogP contribution in [0.3, 0.4) is 0 Å². The number of hydrogen-bond acceptors (Lipinski definition) is 6. The molecule has 2 aromatic rings. The van der Waals surface area contributed by atoms with Gasteiger partial charge in [-0.25, -0.2) is 9.36 Å². The van der Waals surface area contributed by atoms with E-state index in [-0.39, 0.29) is 23.3 Å². The number of hydrogen-bond donors (Lipinski definition) is 1. The molecule has 0 bridgehead atoms. The number of carbonyl (C=O) groups excluding carboxylic acids is 1. The Bertz CT molecular complexity index is 819. The van der Waals surface area contributed by atoms with Crippen molar-refractivity contribution >= 4 is 35.8 Å². The zero-order chi connectivity index (χ0) is 20.6. The third-order valence-electron chi connectivity index (χ3n) is 3.54. The summed E-state index contributed by atoms with van der Waals surface area (Å²) >= 11 is 11.8. The fourth-order valence-corrected chi connectivity index (χ4v) is 3.72. The number of rotatable bonds is 10. The molecule has 1 unspecified atom stereocenters. The van der Waals surface area contributed by atoms with Crippen molar-refractivity contribution in [2.24, 2.45) is 5.92 Å². The van der Waals surface area contributed by atoms with Gasteiger partial charge < -0.3 is 9.05 Å². The monoisotopic (exact) mass is 445 g/mol. The minimum absolute atomic E-state index is 0.0593. The van der Waals surface area contributed by atoms with E-state index in [2.05, 4.69) is 5.48 Å². The fraction of sp³-hybridized carbons (Fsp3) is 0.316. The Morgan fingerprint density at radius 2 is 1.75 bits per heavy atom. The zero-order valence-corrected chi connectivity index (χ0v) is 17.9. The predicted octanol–water partition coefficient (Wildman–Crippen LogP) is 5.75. The van der Waals surface area contributed by atoms with E-state index in [0.717, 1.165) is 5.56 Å². The molecule has 0 saturated carbocycles. The molecule has 0 spiro atoms. The van der Waals surface area contributed by atoms with Gasteiger partial charge in [-0.1, -0.05) is 67.9 Å². The van der Waals surface area contributed by atoms with E-state index in [1.54, 1.807) is 12.1 Å². The van der Waals surface area contributed by atoms with E-state index in [0.29, 0.717) is 6.42 Å². The number of nitrogens with one attached hydrogen (secondary N) is 1. The molecule has 0 amide bonds. The smallest absolute Gasteiger partial charge is 0.403 e. The minimum atomic E-state index is -4.24. The number of carbonyl (C=O) groups is 1. The summed E-state index contributed by atoms with van der Waals surface area (Å²) in [6.07, 6.45) is 0.386. The standard InChI is InChI=1S/C19H22Cl2NO5P/c1-14(2)12-17(22-25-13-15-8-4-3-5-9-15)19(23)27-28(21,24)26-18-11-7-6-10-16(18)20/h3-11,14,17,22H,12-13H2,1-2H3/t17-,28?/m0/s1. The van der Waals surface area contributed by atoms with Gasteiger partial charge in [0.05, 0.1) is 11.6 Å². The quantitative estimate of drug-likeness (QED) is 0.370. The maximum absolute atomic E-state index is 12.5. The molecule has 28 heavy (non-hydrogen) atoms. The van der Waals surface area contributed by atoms with Crippen LogP contribution in [0.2, 0.25) is 5.02 Å². The molecule has 9 heteroatoms. The summed E-state index contributed by atoms with van der Waals surface area (Å²) < 4.78 is 22.4. The maximum Gasteiger partial charge on any atom is 0.532 e. The lowest BCUT2D eigenvalue weighted by atomic mass is 10.1. The van der Waals surface area contributed by atoms with Crippen LogP contribution in [0.15, 0.2) is 54.6 Å². The molecule has 2 atom stereocenters. The molecule has 0 radical (unpaired) electrons. The van der Waals surface area contributed by atoms with Crippen molar-refractivity contribution in [1.29, 1.82) is 0 Å². The second-order valence-corrected chi connectivity index (χ2v) is 9.31. The van der Waals surface area contributed by atoms with Gasteiger partial charge in [-0.3, -0.25) is 4.84 Å². The van der Waals surface area contributed by atoms with Gasteiger partial charge in [-0.05, 0) is 30.0 Å². The van der Waals surface area contributed by atoms with Crippen LogP contribution in [0.4, 0.5) is 0 Å². The predicted molar refractivity (Wildman–Crippen MR) is 109 cm³/mol. The molecular weight excluding hydrogens is 424 g/mol. The molecule has 1 N–H and O–H groups in total. The van der Waals surface area contributed by atoms with Crippen molar-refractivity contribution in [2.45, 2.75) is 32.9 Å². The lowest BCUT2D eigenvalue weighted by Gasteiger charge is -2.20. The van der Waals surface area contributed by atoms with Gasteiger partial charge in [-0.15, -0.1) is 0 Å². The molecule has 2 aromatic carbocycles. The summed E-state index contributed by atoms with van der Waals surface area (Å²) in [5, 5.41) is 0.197. The molecule has 0 saturated heterocycles. The number of halogens is 2. The van der Waals surface area contributed by atoms with Crippen LogP contribution in [0.1, 0.15) is 25.8 Å². The first kappa shape index (κ1) is 22.7. The molecule has 0 heterocycles. The average Bonchev–Trinajstić information content (AvgIpc) is 2.63. The highest BCUT2D eigenvalue weighted by Gasteiger charge is 2.33. The summed E-state index contributed by atoms with van der Waals surface area (Å²) in [5.74, 6) is -0.638. The van der Waals surface area contributed by atoms with Gasteiger partial charge in [-0.2, -0.15) is 5.48 Å². The molecular formula is C19H22Cl2NO5P. The Morgan fingerprint density at radius 1 is 1.11 bits per heavy atom. The summed E-state index contributed by atoms with van der Waals surface area (Å²) in [6, 6.07) is 14.9. The van der Waals surface area contributed by atoms with E-state index in [1.165, 1.54) is 12.1 Å². The molecule has 0 aliphatic heterocycles. The summed E-state index contributed by atoms with van der Waals surface area (Å²) in [7, 11) is 0. The highest BCUT2D eigenvalue weighted by Crippen LogP contribution is 2.54. The van der Waals surface area contributed by atoms with Crippen LogP contribution in [0, 0.1) is 5.92 Å². The number of para-hydroxylation sites is 1. The first-order chi connectivity index (χ1) is 13.3. The van der Waals surface area contributed by atoms with E-state index in [4.69, 9.17) is 36.7 Å². The van der Waals surface area contributed by atoms with Gasteiger partial charge in [0.2, 0.25) is 0 Å². The summed E-state index contributed by atoms with van der Waals surface area (Å²) in [5.41, 5.74) is 3.59. The van der Waals surface area contributed by atoms with Gasteiger partial charge in [0.25, 0.3) is 0 Å². The molecule has 0 aromatic heterocycles. The van der Waals surface area contributed by atoms with Crippen molar-refractivity contribution in [3.05, 3.63) is 65.2 Å². The Kier molecular flexibility index (Phi) is 8.80. The van der Waals surface area contributed by atoms with Crippen LogP contribution in [-0.2, 0) is 25.3 Å². The Balaban J connectivity index is 1.96. The Morgan fingerprint density at radius 3 is 2.39 bits per heavy atom. The molecule has 2 rings (SSSR count). The van der Waals surface area contributed by atoms with Crippen molar-refractivity contribution < 1.29 is 23.2 Å². The highest BCUT2D eigenvalue weighted by atomic mass is 35.7. The molecule has 0 aliphatic carbocycles. The van der Waals surface area contributed by atoms with Gasteiger partial charge in [0.15, 0.2) is 0 Å². The SMILES string of the molecule is CC(C)C[C@H](NOCc1ccccc1)C(=O)OP(=O)(Cl)Oc1ccccc1Cl. The summed E-state index contributed by atoms with van der Waals surface area (Å²) in [4.78, 5) is 17.9. The summed E-state index contributed by atoms with van der Waals surface area (Å²) in [6.45, 7) is -0.134. The molecule has 152 valence electrons. The van der Waals surface area contributed by atoms with Crippen molar-refractivity contribution in [2.75, 3.05) is 0 Å². The van der Waals surface area contributed by atoms with E-state index < -0.39 is 19.0 Å². The highest BCUT2D eigenvalue weighted by molar-refractivity contribution is 7.82. The third kappa shape index (κ3) is 7.82. The molecule has 0 aliphatic rings. The van der Waals surface area contributed by atoms with Crippen LogP contribution >= 0.6 is 29.8 Å². The van der Waals surface area contributed by atoms with Crippen molar-refractivity contribution in [1.82, 2.24) is 5.48 Å². The number of hydroxylamine groups is 1. The fourth-order valence-electron chi connectivity index (χ4n) is 2.29. The first-order valence-corrected chi connectivity index (χ1v) is 11.5. The van der Waals surface area contributed by atoms with Gasteiger partial charge in [0.1, 0.15) is 11.8 Å². The molecule has 6 nitrogen and oxygen atoms in total. The minimum Gasteiger partial charge on any atom is -0.403 e. The van der Waals surface area contributed by atoms with Gasteiger partial charge in [0, 0.05) is 11.2 Å². The van der Waals surface area contributed by atoms with E-state index >= 15 is 0 Å². The lowest BCUT2D eigenvalue weighted by molar-refractivity contribution is -0.142. The second kappa shape index (κ2) is 10.8. The van der Waals surface area contributed by atoms with E-state index in [9.17, 15) is 9.36 Å². The maximum atomic E-state index is 12.5. The largest absolute Gasteiger partial charge is 0.532 e. The molecule has 0 fully saturated rings. The van der Waals surface area contributed by atoms with Gasteiger partial charge >= 0.3 is 12.9 Å². The van der Waals surface area contributed by atoms with Crippen LogP contribution in [-0.4, -0.2) is 12.0 Å². The van der Waals surface area contributed by atoms with E-state index in [1.807, 2.05) is 44.2 Å². The third-order valence-corrected chi connectivity index (χ3v) is 5.08. The average molecular weight is 446 g/mol. The van der Waals surface area contributed by atoms with Crippen LogP contribution < -0.4 is 10.0 Å². The lowest BCUT2D eigenvalue weighted by Crippen LogP contribution is -2.38.